The Morgan fingerprint density at radius 1 is 1.35 bits per heavy atom. The van der Waals surface area contributed by atoms with E-state index in [-0.39, 0.29) is 5.97 Å². The zero-order chi connectivity index (χ0) is 15.4. The van der Waals surface area contributed by atoms with Crippen molar-refractivity contribution in [2.75, 3.05) is 25.2 Å². The third-order valence-electron chi connectivity index (χ3n) is 3.25. The summed E-state index contributed by atoms with van der Waals surface area (Å²) in [5.41, 5.74) is -1.39. The molecule has 1 fully saturated rings. The van der Waals surface area contributed by atoms with Gasteiger partial charge in [-0.3, -0.25) is 4.90 Å². The molecular weight excluding hydrogens is 278 g/mol. The largest absolute Gasteiger partial charge is 0.464 e. The Morgan fingerprint density at radius 3 is 2.40 bits per heavy atom. The Kier molecular flexibility index (Phi) is 5.74. The lowest BCUT2D eigenvalue weighted by molar-refractivity contribution is -0.166. The standard InChI is InChI=1S/C14H25NO4S/c1-6-18-11(16)14(8-10-20-5)7-9-15(14)12(17)19-13(2,3)4/h6-10H2,1-5H3/t14-/m0/s1. The van der Waals surface area contributed by atoms with Gasteiger partial charge in [0.15, 0.2) is 0 Å². The molecule has 0 aromatic heterocycles. The van der Waals surface area contributed by atoms with Crippen LogP contribution in [-0.4, -0.2) is 53.3 Å². The minimum Gasteiger partial charge on any atom is -0.464 e. The minimum atomic E-state index is -0.832. The first kappa shape index (κ1) is 17.1. The number of esters is 1. The number of rotatable bonds is 5. The van der Waals surface area contributed by atoms with Crippen LogP contribution in [0.3, 0.4) is 0 Å². The molecule has 1 aliphatic heterocycles. The number of thioether (sulfide) groups is 1. The monoisotopic (exact) mass is 303 g/mol. The van der Waals surface area contributed by atoms with Crippen molar-refractivity contribution >= 4 is 23.8 Å². The first-order valence-electron chi connectivity index (χ1n) is 6.93. The molecule has 0 bridgehead atoms. The summed E-state index contributed by atoms with van der Waals surface area (Å²) in [6, 6.07) is 0. The maximum Gasteiger partial charge on any atom is 0.411 e. The number of nitrogens with zero attached hydrogens (tertiary/aromatic N) is 1. The number of carbonyl (C=O) groups is 2. The van der Waals surface area contributed by atoms with Crippen LogP contribution in [0.5, 0.6) is 0 Å². The molecule has 1 atom stereocenters. The number of likely N-dealkylation sites (tertiary alicyclic amines) is 1. The van der Waals surface area contributed by atoms with Crippen molar-refractivity contribution in [3.05, 3.63) is 0 Å². The number of carbonyl (C=O) groups excluding carboxylic acids is 2. The van der Waals surface area contributed by atoms with Crippen molar-refractivity contribution in [3.8, 4) is 0 Å². The topological polar surface area (TPSA) is 55.8 Å². The highest BCUT2D eigenvalue weighted by atomic mass is 32.2. The van der Waals surface area contributed by atoms with Gasteiger partial charge in [-0.1, -0.05) is 0 Å². The van der Waals surface area contributed by atoms with Gasteiger partial charge in [0.25, 0.3) is 0 Å². The SMILES string of the molecule is CCOC(=O)[C@@]1(CCSC)CCN1C(=O)OC(C)(C)C. The van der Waals surface area contributed by atoms with Crippen LogP contribution in [-0.2, 0) is 14.3 Å². The summed E-state index contributed by atoms with van der Waals surface area (Å²) >= 11 is 1.65. The fourth-order valence-corrected chi connectivity index (χ4v) is 2.73. The molecule has 5 nitrogen and oxygen atoms in total. The summed E-state index contributed by atoms with van der Waals surface area (Å²) in [5.74, 6) is 0.490. The molecule has 1 heterocycles. The second-order valence-electron chi connectivity index (χ2n) is 5.88. The Morgan fingerprint density at radius 2 is 2.00 bits per heavy atom. The Hall–Kier alpha value is -0.910. The van der Waals surface area contributed by atoms with E-state index in [1.165, 1.54) is 4.90 Å². The van der Waals surface area contributed by atoms with E-state index in [0.29, 0.717) is 26.0 Å². The van der Waals surface area contributed by atoms with E-state index in [2.05, 4.69) is 0 Å². The third-order valence-corrected chi connectivity index (χ3v) is 3.87. The summed E-state index contributed by atoms with van der Waals surface area (Å²) in [4.78, 5) is 26.0. The second kappa shape index (κ2) is 6.70. The van der Waals surface area contributed by atoms with Crippen LogP contribution in [0.1, 0.15) is 40.5 Å². The summed E-state index contributed by atoms with van der Waals surface area (Å²) in [6.45, 7) is 8.09. The van der Waals surface area contributed by atoms with Crippen LogP contribution in [0.25, 0.3) is 0 Å². The lowest BCUT2D eigenvalue weighted by Crippen LogP contribution is -2.67. The number of hydrogen-bond donors (Lipinski definition) is 0. The molecule has 0 aromatic rings. The highest BCUT2D eigenvalue weighted by molar-refractivity contribution is 7.98. The summed E-state index contributed by atoms with van der Waals surface area (Å²) in [5, 5.41) is 0. The maximum absolute atomic E-state index is 12.3. The molecular formula is C14H25NO4S. The van der Waals surface area contributed by atoms with Gasteiger partial charge in [0.1, 0.15) is 11.1 Å². The van der Waals surface area contributed by atoms with Gasteiger partial charge in [-0.15, -0.1) is 0 Å². The molecule has 0 unspecified atom stereocenters. The van der Waals surface area contributed by atoms with Crippen molar-refractivity contribution in [1.82, 2.24) is 4.90 Å². The van der Waals surface area contributed by atoms with E-state index in [1.54, 1.807) is 18.7 Å². The maximum atomic E-state index is 12.3. The number of amides is 1. The molecule has 20 heavy (non-hydrogen) atoms. The smallest absolute Gasteiger partial charge is 0.411 e. The first-order chi connectivity index (χ1) is 9.27. The van der Waals surface area contributed by atoms with Gasteiger partial charge in [0, 0.05) is 6.54 Å². The lowest BCUT2D eigenvalue weighted by atomic mass is 9.82. The average Bonchev–Trinajstić information content (AvgIpc) is 2.26. The third kappa shape index (κ3) is 3.81. The van der Waals surface area contributed by atoms with Crippen molar-refractivity contribution in [3.63, 3.8) is 0 Å². The van der Waals surface area contributed by atoms with E-state index < -0.39 is 17.2 Å². The molecule has 1 amide bonds. The minimum absolute atomic E-state index is 0.314. The zero-order valence-corrected chi connectivity index (χ0v) is 13.8. The van der Waals surface area contributed by atoms with Crippen molar-refractivity contribution in [2.45, 2.75) is 51.7 Å². The van der Waals surface area contributed by atoms with Gasteiger partial charge in [-0.25, -0.2) is 9.59 Å². The van der Waals surface area contributed by atoms with Crippen LogP contribution in [0.2, 0.25) is 0 Å². The van der Waals surface area contributed by atoms with E-state index in [0.717, 1.165) is 5.75 Å². The molecule has 0 radical (unpaired) electrons. The van der Waals surface area contributed by atoms with Gasteiger partial charge >= 0.3 is 12.1 Å². The highest BCUT2D eigenvalue weighted by Gasteiger charge is 2.55. The van der Waals surface area contributed by atoms with Crippen molar-refractivity contribution < 1.29 is 19.1 Å². The van der Waals surface area contributed by atoms with E-state index in [4.69, 9.17) is 9.47 Å². The van der Waals surface area contributed by atoms with Gasteiger partial charge in [-0.05, 0) is 52.5 Å². The van der Waals surface area contributed by atoms with Gasteiger partial charge < -0.3 is 9.47 Å². The van der Waals surface area contributed by atoms with Crippen LogP contribution >= 0.6 is 11.8 Å². The first-order valence-corrected chi connectivity index (χ1v) is 8.33. The van der Waals surface area contributed by atoms with Crippen molar-refractivity contribution in [2.24, 2.45) is 0 Å². The van der Waals surface area contributed by atoms with Crippen LogP contribution in [0.4, 0.5) is 4.79 Å². The summed E-state index contributed by atoms with van der Waals surface area (Å²) < 4.78 is 10.5. The molecule has 1 rings (SSSR count). The number of hydrogen-bond acceptors (Lipinski definition) is 5. The average molecular weight is 303 g/mol. The summed E-state index contributed by atoms with van der Waals surface area (Å²) in [7, 11) is 0. The normalized spacial score (nSPS) is 22.1. The number of ether oxygens (including phenoxy) is 2. The summed E-state index contributed by atoms with van der Waals surface area (Å²) in [6.07, 6.45) is 2.80. The highest BCUT2D eigenvalue weighted by Crippen LogP contribution is 2.37. The lowest BCUT2D eigenvalue weighted by Gasteiger charge is -2.50. The molecule has 0 spiro atoms. The van der Waals surface area contributed by atoms with E-state index in [1.807, 2.05) is 27.0 Å². The molecule has 116 valence electrons. The molecule has 1 aliphatic rings. The van der Waals surface area contributed by atoms with Crippen LogP contribution in [0, 0.1) is 0 Å². The second-order valence-corrected chi connectivity index (χ2v) is 6.86. The fourth-order valence-electron chi connectivity index (χ4n) is 2.19. The van der Waals surface area contributed by atoms with Crippen LogP contribution < -0.4 is 0 Å². The van der Waals surface area contributed by atoms with Gasteiger partial charge in [-0.2, -0.15) is 11.8 Å². The Labute approximate surface area is 125 Å². The van der Waals surface area contributed by atoms with Gasteiger partial charge in [0.05, 0.1) is 6.61 Å². The molecule has 0 aliphatic carbocycles. The van der Waals surface area contributed by atoms with E-state index in [9.17, 15) is 9.59 Å². The Bertz CT molecular complexity index is 367. The molecule has 6 heteroatoms. The van der Waals surface area contributed by atoms with Crippen LogP contribution in [0.15, 0.2) is 0 Å². The predicted molar refractivity (Wildman–Crippen MR) is 79.9 cm³/mol. The molecule has 0 aromatic carbocycles. The Balaban J connectivity index is 2.83. The molecule has 0 saturated carbocycles. The van der Waals surface area contributed by atoms with Gasteiger partial charge in [0.2, 0.25) is 0 Å². The molecule has 0 N–H and O–H groups in total. The quantitative estimate of drug-likeness (QED) is 0.731. The van der Waals surface area contributed by atoms with Crippen molar-refractivity contribution in [1.29, 1.82) is 0 Å². The molecule has 1 saturated heterocycles. The predicted octanol–water partition coefficient (Wildman–Crippen LogP) is 2.68. The zero-order valence-electron chi connectivity index (χ0n) is 13.0. The van der Waals surface area contributed by atoms with E-state index >= 15 is 0 Å². The fraction of sp³-hybridized carbons (Fsp3) is 0.857.